The molecule has 2 fully saturated rings. The van der Waals surface area contributed by atoms with Gasteiger partial charge in [-0.05, 0) is 49.9 Å². The molecule has 1 aromatic rings. The summed E-state index contributed by atoms with van der Waals surface area (Å²) >= 11 is 3.51. The van der Waals surface area contributed by atoms with Crippen LogP contribution in [-0.4, -0.2) is 17.5 Å². The number of carbonyl (C=O) groups is 2. The summed E-state index contributed by atoms with van der Waals surface area (Å²) in [5.41, 5.74) is 2.32. The molecule has 0 unspecified atom stereocenters. The van der Waals surface area contributed by atoms with E-state index >= 15 is 0 Å². The third kappa shape index (κ3) is 1.43. The smallest absolute Gasteiger partial charge is 0.279 e. The number of nitrogens with zero attached hydrogens (tertiary/aromatic N) is 1. The van der Waals surface area contributed by atoms with Crippen LogP contribution in [0.3, 0.4) is 0 Å². The molecule has 1 N–H and O–H groups in total. The number of anilines is 1. The summed E-state index contributed by atoms with van der Waals surface area (Å²) in [4.78, 5) is 25.3. The lowest BCUT2D eigenvalue weighted by atomic mass is 10.1. The molecular formula is C13H13BrN2O2. The summed E-state index contributed by atoms with van der Waals surface area (Å²) in [6, 6.07) is 3.57. The van der Waals surface area contributed by atoms with Gasteiger partial charge in [-0.1, -0.05) is 15.9 Å². The summed E-state index contributed by atoms with van der Waals surface area (Å²) in [6.45, 7) is 3.96. The van der Waals surface area contributed by atoms with Crippen molar-refractivity contribution in [3.63, 3.8) is 0 Å². The number of hydrogen-bond donors (Lipinski definition) is 1. The van der Waals surface area contributed by atoms with Crippen LogP contribution in [0, 0.1) is 13.8 Å². The molecule has 0 atom stereocenters. The van der Waals surface area contributed by atoms with Gasteiger partial charge in [-0.25, -0.2) is 4.79 Å². The minimum Gasteiger partial charge on any atom is -0.279 e. The largest absolute Gasteiger partial charge is 0.329 e. The van der Waals surface area contributed by atoms with E-state index < -0.39 is 5.54 Å². The van der Waals surface area contributed by atoms with Gasteiger partial charge in [0.15, 0.2) is 0 Å². The topological polar surface area (TPSA) is 49.4 Å². The molecule has 1 aliphatic carbocycles. The van der Waals surface area contributed by atoms with Crippen molar-refractivity contribution in [3.8, 4) is 0 Å². The molecule has 4 nitrogen and oxygen atoms in total. The first-order chi connectivity index (χ1) is 8.45. The van der Waals surface area contributed by atoms with Crippen LogP contribution in [0.5, 0.6) is 0 Å². The van der Waals surface area contributed by atoms with Crippen molar-refractivity contribution in [1.82, 2.24) is 5.32 Å². The van der Waals surface area contributed by atoms with Crippen molar-refractivity contribution in [2.75, 3.05) is 4.90 Å². The van der Waals surface area contributed by atoms with Gasteiger partial charge in [-0.2, -0.15) is 0 Å². The van der Waals surface area contributed by atoms with Crippen LogP contribution in [-0.2, 0) is 4.79 Å². The van der Waals surface area contributed by atoms with Gasteiger partial charge in [-0.15, -0.1) is 0 Å². The zero-order valence-corrected chi connectivity index (χ0v) is 11.8. The van der Waals surface area contributed by atoms with E-state index in [0.717, 1.165) is 34.1 Å². The highest BCUT2D eigenvalue weighted by molar-refractivity contribution is 9.10. The lowest BCUT2D eigenvalue weighted by molar-refractivity contribution is -0.120. The molecule has 0 radical (unpaired) electrons. The Labute approximate surface area is 113 Å². The first-order valence-corrected chi connectivity index (χ1v) is 6.67. The maximum absolute atomic E-state index is 11.9. The molecular weight excluding hydrogens is 296 g/mol. The summed E-state index contributed by atoms with van der Waals surface area (Å²) in [5, 5.41) is 2.41. The lowest BCUT2D eigenvalue weighted by Gasteiger charge is -2.22. The third-order valence-corrected chi connectivity index (χ3v) is 4.93. The van der Waals surface area contributed by atoms with E-state index in [1.165, 1.54) is 0 Å². The number of aryl methyl sites for hydroxylation is 2. The lowest BCUT2D eigenvalue weighted by Crippen LogP contribution is -2.37. The average Bonchev–Trinajstić information content (AvgIpc) is 3.02. The second kappa shape index (κ2) is 3.57. The molecule has 1 aliphatic heterocycles. The van der Waals surface area contributed by atoms with Gasteiger partial charge >= 0.3 is 6.03 Å². The van der Waals surface area contributed by atoms with Crippen molar-refractivity contribution in [1.29, 1.82) is 0 Å². The average molecular weight is 309 g/mol. The Balaban J connectivity index is 2.10. The monoisotopic (exact) mass is 308 g/mol. The highest BCUT2D eigenvalue weighted by Crippen LogP contribution is 2.47. The molecule has 5 heteroatoms. The second-order valence-electron chi connectivity index (χ2n) is 5.02. The number of urea groups is 1. The van der Waals surface area contributed by atoms with Crippen LogP contribution in [0.15, 0.2) is 16.6 Å². The fourth-order valence-electron chi connectivity index (χ4n) is 2.55. The van der Waals surface area contributed by atoms with Crippen molar-refractivity contribution < 1.29 is 9.59 Å². The van der Waals surface area contributed by atoms with Crippen molar-refractivity contribution in [3.05, 3.63) is 27.7 Å². The molecule has 2 aliphatic rings. The zero-order chi connectivity index (χ0) is 13.1. The van der Waals surface area contributed by atoms with Gasteiger partial charge in [0.1, 0.15) is 5.54 Å². The van der Waals surface area contributed by atoms with E-state index in [1.807, 2.05) is 26.0 Å². The van der Waals surface area contributed by atoms with Gasteiger partial charge in [0.25, 0.3) is 5.91 Å². The molecule has 3 amide bonds. The van der Waals surface area contributed by atoms with E-state index in [2.05, 4.69) is 21.2 Å². The molecule has 1 aromatic carbocycles. The highest BCUT2D eigenvalue weighted by atomic mass is 79.9. The molecule has 1 spiro atoms. The minimum atomic E-state index is -0.607. The highest BCUT2D eigenvalue weighted by Gasteiger charge is 2.62. The number of hydrogen-bond acceptors (Lipinski definition) is 2. The van der Waals surface area contributed by atoms with Gasteiger partial charge < -0.3 is 0 Å². The number of imide groups is 1. The number of nitrogens with one attached hydrogen (secondary N) is 1. The molecule has 0 bridgehead atoms. The van der Waals surface area contributed by atoms with Crippen LogP contribution in [0.1, 0.15) is 24.0 Å². The maximum atomic E-state index is 11.9. The minimum absolute atomic E-state index is 0.161. The van der Waals surface area contributed by atoms with Gasteiger partial charge in [0.2, 0.25) is 0 Å². The van der Waals surface area contributed by atoms with Crippen LogP contribution in [0.4, 0.5) is 10.5 Å². The first-order valence-electron chi connectivity index (χ1n) is 5.88. The van der Waals surface area contributed by atoms with Crippen LogP contribution < -0.4 is 10.2 Å². The Bertz CT molecular complexity index is 555. The van der Waals surface area contributed by atoms with E-state index in [4.69, 9.17) is 0 Å². The Hall–Kier alpha value is -1.36. The Morgan fingerprint density at radius 2 is 1.78 bits per heavy atom. The van der Waals surface area contributed by atoms with Crippen LogP contribution in [0.2, 0.25) is 0 Å². The van der Waals surface area contributed by atoms with Crippen molar-refractivity contribution in [2.24, 2.45) is 0 Å². The predicted molar refractivity (Wildman–Crippen MR) is 71.6 cm³/mol. The molecule has 1 heterocycles. The molecule has 94 valence electrons. The standard InChI is InChI=1S/C13H13BrN2O2/c1-7-5-9(6-8(2)10(7)14)16-12(18)15-11(17)13(16)3-4-13/h5-6H,3-4H2,1-2H3,(H,15,17,18). The van der Waals surface area contributed by atoms with E-state index in [-0.39, 0.29) is 11.9 Å². The molecule has 1 saturated heterocycles. The summed E-state index contributed by atoms with van der Waals surface area (Å²) in [6.07, 6.45) is 1.50. The first kappa shape index (κ1) is 11.7. The van der Waals surface area contributed by atoms with Crippen molar-refractivity contribution in [2.45, 2.75) is 32.2 Å². The Kier molecular flexibility index (Phi) is 2.32. The van der Waals surface area contributed by atoms with Crippen molar-refractivity contribution >= 4 is 33.6 Å². The predicted octanol–water partition coefficient (Wildman–Crippen LogP) is 2.65. The second-order valence-corrected chi connectivity index (χ2v) is 5.81. The van der Waals surface area contributed by atoms with E-state index in [0.29, 0.717) is 0 Å². The fraction of sp³-hybridized carbons (Fsp3) is 0.385. The van der Waals surface area contributed by atoms with Gasteiger partial charge in [0, 0.05) is 10.2 Å². The maximum Gasteiger partial charge on any atom is 0.329 e. The Morgan fingerprint density at radius 3 is 2.28 bits per heavy atom. The molecule has 1 saturated carbocycles. The number of halogens is 1. The summed E-state index contributed by atoms with van der Waals surface area (Å²) in [7, 11) is 0. The zero-order valence-electron chi connectivity index (χ0n) is 10.2. The van der Waals surface area contributed by atoms with E-state index in [1.54, 1.807) is 4.90 Å². The summed E-state index contributed by atoms with van der Waals surface area (Å²) < 4.78 is 1.04. The van der Waals surface area contributed by atoms with E-state index in [9.17, 15) is 9.59 Å². The SMILES string of the molecule is Cc1cc(N2C(=O)NC(=O)C23CC3)cc(C)c1Br. The van der Waals surface area contributed by atoms with Gasteiger partial charge in [-0.3, -0.25) is 15.0 Å². The molecule has 18 heavy (non-hydrogen) atoms. The Morgan fingerprint density at radius 1 is 1.22 bits per heavy atom. The van der Waals surface area contributed by atoms with Crippen LogP contribution >= 0.6 is 15.9 Å². The quantitative estimate of drug-likeness (QED) is 0.811. The number of amides is 3. The number of benzene rings is 1. The number of carbonyl (C=O) groups excluding carboxylic acids is 2. The van der Waals surface area contributed by atoms with Gasteiger partial charge in [0.05, 0.1) is 0 Å². The molecule has 3 rings (SSSR count). The normalized spacial score (nSPS) is 20.5. The summed E-state index contributed by atoms with van der Waals surface area (Å²) in [5.74, 6) is -0.161. The number of rotatable bonds is 1. The van der Waals surface area contributed by atoms with Crippen LogP contribution in [0.25, 0.3) is 0 Å². The molecule has 0 aromatic heterocycles. The fourth-order valence-corrected chi connectivity index (χ4v) is 2.78. The third-order valence-electron chi connectivity index (χ3n) is 3.68.